The lowest BCUT2D eigenvalue weighted by atomic mass is 10.1. The topological polar surface area (TPSA) is 70.6 Å². The molecule has 0 aliphatic carbocycles. The van der Waals surface area contributed by atoms with E-state index in [1.54, 1.807) is 19.2 Å². The molecule has 0 atom stereocenters. The Morgan fingerprint density at radius 3 is 2.67 bits per heavy atom. The molecule has 18 heavy (non-hydrogen) atoms. The molecule has 3 N–H and O–H groups in total. The van der Waals surface area contributed by atoms with E-state index in [-0.39, 0.29) is 11.7 Å². The van der Waals surface area contributed by atoms with Crippen LogP contribution in [0, 0.1) is 0 Å². The monoisotopic (exact) mass is 252 g/mol. The number of benzene rings is 1. The van der Waals surface area contributed by atoms with Crippen LogP contribution in [0.5, 0.6) is 5.75 Å². The first kappa shape index (κ1) is 14.5. The van der Waals surface area contributed by atoms with E-state index in [4.69, 9.17) is 9.84 Å². The summed E-state index contributed by atoms with van der Waals surface area (Å²) in [4.78, 5) is 11.4. The molecule has 5 heteroatoms. The highest BCUT2D eigenvalue weighted by Gasteiger charge is 2.00. The Kier molecular flexibility index (Phi) is 6.83. The Balaban J connectivity index is 2.10. The van der Waals surface area contributed by atoms with Gasteiger partial charge in [-0.2, -0.15) is 0 Å². The van der Waals surface area contributed by atoms with Gasteiger partial charge < -0.3 is 20.5 Å². The van der Waals surface area contributed by atoms with E-state index in [1.165, 1.54) is 0 Å². The predicted octanol–water partition coefficient (Wildman–Crippen LogP) is 0.287. The molecule has 0 spiro atoms. The average molecular weight is 252 g/mol. The fourth-order valence-corrected chi connectivity index (χ4v) is 1.45. The van der Waals surface area contributed by atoms with Crippen molar-refractivity contribution in [2.45, 2.75) is 6.42 Å². The predicted molar refractivity (Wildman–Crippen MR) is 69.6 cm³/mol. The van der Waals surface area contributed by atoms with Crippen LogP contribution in [0.25, 0.3) is 0 Å². The number of carbonyl (C=O) groups excluding carboxylic acids is 1. The molecule has 100 valence electrons. The third-order valence-corrected chi connectivity index (χ3v) is 2.44. The van der Waals surface area contributed by atoms with Crippen molar-refractivity contribution in [2.24, 2.45) is 0 Å². The molecule has 0 aromatic heterocycles. The van der Waals surface area contributed by atoms with Crippen molar-refractivity contribution in [1.82, 2.24) is 10.6 Å². The van der Waals surface area contributed by atoms with Gasteiger partial charge in [-0.05, 0) is 24.1 Å². The largest absolute Gasteiger partial charge is 0.508 e. The molecule has 0 unspecified atom stereocenters. The molecule has 0 radical (unpaired) electrons. The number of ether oxygens (including phenoxy) is 1. The molecule has 1 aromatic rings. The maximum atomic E-state index is 11.4. The number of hydrogen-bond acceptors (Lipinski definition) is 4. The normalized spacial score (nSPS) is 10.3. The standard InChI is InChI=1S/C13H20N2O3/c1-18-9-8-14-10-13(17)15-7-6-11-2-4-12(16)5-3-11/h2-5,14,16H,6-10H2,1H3,(H,15,17). The number of phenols is 1. The lowest BCUT2D eigenvalue weighted by Crippen LogP contribution is -2.36. The Hall–Kier alpha value is -1.59. The van der Waals surface area contributed by atoms with Crippen molar-refractivity contribution in [3.05, 3.63) is 29.8 Å². The first-order valence-electron chi connectivity index (χ1n) is 5.96. The van der Waals surface area contributed by atoms with Gasteiger partial charge in [0.05, 0.1) is 13.2 Å². The Morgan fingerprint density at radius 2 is 2.00 bits per heavy atom. The van der Waals surface area contributed by atoms with E-state index in [1.807, 2.05) is 12.1 Å². The number of hydrogen-bond donors (Lipinski definition) is 3. The maximum absolute atomic E-state index is 11.4. The summed E-state index contributed by atoms with van der Waals surface area (Å²) < 4.78 is 4.86. The fourth-order valence-electron chi connectivity index (χ4n) is 1.45. The zero-order valence-electron chi connectivity index (χ0n) is 10.6. The SMILES string of the molecule is COCCNCC(=O)NCCc1ccc(O)cc1. The van der Waals surface area contributed by atoms with Gasteiger partial charge in [-0.25, -0.2) is 0 Å². The van der Waals surface area contributed by atoms with Crippen LogP contribution in [0.3, 0.4) is 0 Å². The van der Waals surface area contributed by atoms with Crippen LogP contribution in [0.2, 0.25) is 0 Å². The fraction of sp³-hybridized carbons (Fsp3) is 0.462. The van der Waals surface area contributed by atoms with Gasteiger partial charge in [0.2, 0.25) is 5.91 Å². The van der Waals surface area contributed by atoms with Gasteiger partial charge in [0, 0.05) is 20.2 Å². The molecule has 5 nitrogen and oxygen atoms in total. The van der Waals surface area contributed by atoms with Crippen molar-refractivity contribution in [3.8, 4) is 5.75 Å². The van der Waals surface area contributed by atoms with E-state index in [9.17, 15) is 4.79 Å². The summed E-state index contributed by atoms with van der Waals surface area (Å²) in [6, 6.07) is 6.98. The van der Waals surface area contributed by atoms with E-state index >= 15 is 0 Å². The number of amides is 1. The molecule has 1 aromatic carbocycles. The third kappa shape index (κ3) is 6.22. The quantitative estimate of drug-likeness (QED) is 0.581. The minimum Gasteiger partial charge on any atom is -0.508 e. The molecule has 1 amide bonds. The first-order valence-corrected chi connectivity index (χ1v) is 5.96. The number of nitrogens with one attached hydrogen (secondary N) is 2. The molecular weight excluding hydrogens is 232 g/mol. The second-order valence-electron chi connectivity index (χ2n) is 3.94. The van der Waals surface area contributed by atoms with E-state index < -0.39 is 0 Å². The van der Waals surface area contributed by atoms with Crippen molar-refractivity contribution in [2.75, 3.05) is 33.4 Å². The molecule has 0 saturated carbocycles. The number of aromatic hydroxyl groups is 1. The molecule has 0 fully saturated rings. The third-order valence-electron chi connectivity index (χ3n) is 2.44. The molecule has 1 rings (SSSR count). The highest BCUT2D eigenvalue weighted by atomic mass is 16.5. The smallest absolute Gasteiger partial charge is 0.233 e. The minimum atomic E-state index is -0.0233. The van der Waals surface area contributed by atoms with Gasteiger partial charge in [-0.15, -0.1) is 0 Å². The molecular formula is C13H20N2O3. The summed E-state index contributed by atoms with van der Waals surface area (Å²) >= 11 is 0. The number of carbonyl (C=O) groups is 1. The van der Waals surface area contributed by atoms with Crippen LogP contribution < -0.4 is 10.6 Å². The summed E-state index contributed by atoms with van der Waals surface area (Å²) in [7, 11) is 1.62. The number of rotatable bonds is 8. The highest BCUT2D eigenvalue weighted by molar-refractivity contribution is 5.77. The highest BCUT2D eigenvalue weighted by Crippen LogP contribution is 2.09. The second kappa shape index (κ2) is 8.49. The number of methoxy groups -OCH3 is 1. The summed E-state index contributed by atoms with van der Waals surface area (Å²) in [5.41, 5.74) is 1.08. The Labute approximate surface area is 107 Å². The lowest BCUT2D eigenvalue weighted by Gasteiger charge is -2.06. The van der Waals surface area contributed by atoms with Gasteiger partial charge in [-0.3, -0.25) is 4.79 Å². The lowest BCUT2D eigenvalue weighted by molar-refractivity contribution is -0.120. The maximum Gasteiger partial charge on any atom is 0.233 e. The van der Waals surface area contributed by atoms with Crippen LogP contribution >= 0.6 is 0 Å². The zero-order valence-corrected chi connectivity index (χ0v) is 10.6. The van der Waals surface area contributed by atoms with E-state index in [2.05, 4.69) is 10.6 Å². The zero-order chi connectivity index (χ0) is 13.2. The van der Waals surface area contributed by atoms with Crippen molar-refractivity contribution < 1.29 is 14.6 Å². The van der Waals surface area contributed by atoms with Crippen molar-refractivity contribution in [3.63, 3.8) is 0 Å². The van der Waals surface area contributed by atoms with Crippen molar-refractivity contribution >= 4 is 5.91 Å². The van der Waals surface area contributed by atoms with Crippen LogP contribution in [0.15, 0.2) is 24.3 Å². The Morgan fingerprint density at radius 1 is 1.28 bits per heavy atom. The summed E-state index contributed by atoms with van der Waals surface area (Å²) in [5, 5.41) is 14.9. The second-order valence-corrected chi connectivity index (χ2v) is 3.94. The van der Waals surface area contributed by atoms with Crippen LogP contribution in [-0.4, -0.2) is 44.4 Å². The van der Waals surface area contributed by atoms with Gasteiger partial charge >= 0.3 is 0 Å². The average Bonchev–Trinajstić information content (AvgIpc) is 2.37. The molecule has 0 aliphatic heterocycles. The first-order chi connectivity index (χ1) is 8.72. The summed E-state index contributed by atoms with van der Waals surface area (Å²) in [5.74, 6) is 0.231. The Bertz CT molecular complexity index is 352. The van der Waals surface area contributed by atoms with Gasteiger partial charge in [-0.1, -0.05) is 12.1 Å². The van der Waals surface area contributed by atoms with E-state index in [0.717, 1.165) is 12.0 Å². The van der Waals surface area contributed by atoms with Gasteiger partial charge in [0.25, 0.3) is 0 Å². The van der Waals surface area contributed by atoms with E-state index in [0.29, 0.717) is 26.2 Å². The summed E-state index contributed by atoms with van der Waals surface area (Å²) in [6.45, 7) is 2.16. The van der Waals surface area contributed by atoms with Crippen LogP contribution in [-0.2, 0) is 16.0 Å². The van der Waals surface area contributed by atoms with Gasteiger partial charge in [0.1, 0.15) is 5.75 Å². The van der Waals surface area contributed by atoms with Crippen LogP contribution in [0.4, 0.5) is 0 Å². The summed E-state index contributed by atoms with van der Waals surface area (Å²) in [6.07, 6.45) is 0.754. The molecule has 0 saturated heterocycles. The van der Waals surface area contributed by atoms with Crippen molar-refractivity contribution in [1.29, 1.82) is 0 Å². The molecule has 0 aliphatic rings. The van der Waals surface area contributed by atoms with Crippen LogP contribution in [0.1, 0.15) is 5.56 Å². The molecule has 0 bridgehead atoms. The van der Waals surface area contributed by atoms with Gasteiger partial charge in [0.15, 0.2) is 0 Å². The number of phenolic OH excluding ortho intramolecular Hbond substituents is 1. The molecule has 0 heterocycles. The minimum absolute atomic E-state index is 0.0233.